The molecule has 0 aromatic carbocycles. The lowest BCUT2D eigenvalue weighted by Crippen LogP contribution is -2.53. The lowest BCUT2D eigenvalue weighted by molar-refractivity contribution is -0.0520. The fraction of sp³-hybridized carbons (Fsp3) is 0.818. The molecule has 3 saturated heterocycles. The molecule has 4 atom stereocenters. The average molecular weight is 418 g/mol. The van der Waals surface area contributed by atoms with Gasteiger partial charge in [0.05, 0.1) is 32.5 Å². The van der Waals surface area contributed by atoms with Gasteiger partial charge in [0.1, 0.15) is 5.82 Å². The number of anilines is 2. The summed E-state index contributed by atoms with van der Waals surface area (Å²) in [5.41, 5.74) is 1.10. The van der Waals surface area contributed by atoms with Gasteiger partial charge in [-0.05, 0) is 31.1 Å². The predicted octanol–water partition coefficient (Wildman–Crippen LogP) is 0.784. The van der Waals surface area contributed by atoms with E-state index in [1.165, 1.54) is 0 Å². The number of fused-ring (bicyclic) bond motifs is 1. The van der Waals surface area contributed by atoms with Crippen LogP contribution in [0.5, 0.6) is 0 Å². The molecule has 1 saturated carbocycles. The van der Waals surface area contributed by atoms with Crippen LogP contribution in [0.25, 0.3) is 0 Å². The Morgan fingerprint density at radius 3 is 2.30 bits per heavy atom. The van der Waals surface area contributed by atoms with Crippen LogP contribution in [0.3, 0.4) is 0 Å². The molecular formula is C22H35N5O3. The van der Waals surface area contributed by atoms with Gasteiger partial charge >= 0.3 is 0 Å². The Hall–Kier alpha value is -1.48. The minimum absolute atomic E-state index is 0.232. The Morgan fingerprint density at radius 1 is 0.933 bits per heavy atom. The summed E-state index contributed by atoms with van der Waals surface area (Å²) in [5, 5.41) is 10.9. The number of nitrogens with zero attached hydrogens (tertiary/aromatic N) is 5. The van der Waals surface area contributed by atoms with E-state index in [0.717, 1.165) is 102 Å². The fourth-order valence-electron chi connectivity index (χ4n) is 5.61. The van der Waals surface area contributed by atoms with Crippen molar-refractivity contribution < 1.29 is 14.6 Å². The van der Waals surface area contributed by atoms with E-state index in [1.54, 1.807) is 0 Å². The third kappa shape index (κ3) is 4.15. The topological polar surface area (TPSA) is 74.2 Å². The van der Waals surface area contributed by atoms with Crippen molar-refractivity contribution in [3.63, 3.8) is 0 Å². The molecule has 1 aromatic heterocycles. The summed E-state index contributed by atoms with van der Waals surface area (Å²) in [7, 11) is 0. The predicted molar refractivity (Wildman–Crippen MR) is 115 cm³/mol. The van der Waals surface area contributed by atoms with Crippen molar-refractivity contribution in [2.24, 2.45) is 11.8 Å². The first kappa shape index (κ1) is 20.4. The number of aromatic nitrogens is 2. The second-order valence-electron chi connectivity index (χ2n) is 9.15. The summed E-state index contributed by atoms with van der Waals surface area (Å²) in [6.45, 7) is 10.8. The van der Waals surface area contributed by atoms with Crippen LogP contribution in [0.15, 0.2) is 6.07 Å². The third-order valence-electron chi connectivity index (χ3n) is 7.36. The zero-order valence-electron chi connectivity index (χ0n) is 18.1. The summed E-state index contributed by atoms with van der Waals surface area (Å²) in [6, 6.07) is 2.44. The molecule has 1 aliphatic carbocycles. The molecular weight excluding hydrogens is 382 g/mol. The fourth-order valence-corrected chi connectivity index (χ4v) is 5.61. The molecule has 4 fully saturated rings. The second-order valence-corrected chi connectivity index (χ2v) is 9.15. The molecule has 0 spiro atoms. The van der Waals surface area contributed by atoms with Gasteiger partial charge in [-0.15, -0.1) is 0 Å². The van der Waals surface area contributed by atoms with Crippen LogP contribution in [-0.4, -0.2) is 97.8 Å². The van der Waals surface area contributed by atoms with Gasteiger partial charge in [0.25, 0.3) is 0 Å². The highest BCUT2D eigenvalue weighted by Gasteiger charge is 2.44. The molecule has 1 aromatic rings. The summed E-state index contributed by atoms with van der Waals surface area (Å²) in [6.07, 6.45) is 2.64. The second kappa shape index (κ2) is 8.94. The van der Waals surface area contributed by atoms with Gasteiger partial charge in [-0.3, -0.25) is 4.90 Å². The van der Waals surface area contributed by atoms with Gasteiger partial charge in [-0.2, -0.15) is 4.98 Å². The molecule has 8 nitrogen and oxygen atoms in total. The number of aliphatic hydroxyl groups excluding tert-OH is 1. The van der Waals surface area contributed by atoms with Crippen molar-refractivity contribution in [2.75, 3.05) is 75.5 Å². The van der Waals surface area contributed by atoms with Crippen molar-refractivity contribution in [3.8, 4) is 0 Å². The Kier molecular flexibility index (Phi) is 6.09. The molecule has 5 rings (SSSR count). The van der Waals surface area contributed by atoms with Gasteiger partial charge in [0, 0.05) is 57.1 Å². The minimum atomic E-state index is -0.232. The van der Waals surface area contributed by atoms with Crippen LogP contribution in [0, 0.1) is 11.8 Å². The molecule has 4 aliphatic rings. The third-order valence-corrected chi connectivity index (χ3v) is 7.36. The average Bonchev–Trinajstić information content (AvgIpc) is 3.22. The molecule has 8 heteroatoms. The number of hydrogen-bond donors (Lipinski definition) is 1. The molecule has 1 N–H and O–H groups in total. The number of ether oxygens (including phenoxy) is 2. The highest BCUT2D eigenvalue weighted by molar-refractivity contribution is 5.47. The van der Waals surface area contributed by atoms with Gasteiger partial charge < -0.3 is 24.4 Å². The Labute approximate surface area is 179 Å². The van der Waals surface area contributed by atoms with Crippen molar-refractivity contribution in [1.29, 1.82) is 0 Å². The molecule has 3 aliphatic heterocycles. The van der Waals surface area contributed by atoms with Crippen LogP contribution in [0.4, 0.5) is 11.8 Å². The van der Waals surface area contributed by atoms with E-state index in [1.807, 2.05) is 0 Å². The van der Waals surface area contributed by atoms with Crippen molar-refractivity contribution in [1.82, 2.24) is 14.9 Å². The van der Waals surface area contributed by atoms with Gasteiger partial charge in [0.2, 0.25) is 5.95 Å². The van der Waals surface area contributed by atoms with Crippen molar-refractivity contribution in [3.05, 3.63) is 11.8 Å². The van der Waals surface area contributed by atoms with Crippen LogP contribution >= 0.6 is 0 Å². The Balaban J connectivity index is 1.31. The van der Waals surface area contributed by atoms with E-state index in [4.69, 9.17) is 19.4 Å². The molecule has 0 bridgehead atoms. The summed E-state index contributed by atoms with van der Waals surface area (Å²) < 4.78 is 11.0. The molecule has 30 heavy (non-hydrogen) atoms. The number of hydrogen-bond acceptors (Lipinski definition) is 8. The standard InChI is InChI=1S/C22H35N5O3/c1-2-18-13-21(24-22(23-18)26-5-9-30-10-6-26)27-14-16-11-19(20(28)12-17(16)15-27)25-3-7-29-8-4-25/h13,16-17,19-20,28H,2-12,14-15H2,1H3/t16-,17+,19-,20-/m1/s1. The van der Waals surface area contributed by atoms with E-state index in [0.29, 0.717) is 11.8 Å². The van der Waals surface area contributed by atoms with E-state index < -0.39 is 0 Å². The lowest BCUT2D eigenvalue weighted by atomic mass is 9.77. The summed E-state index contributed by atoms with van der Waals surface area (Å²) in [5.74, 6) is 3.06. The SMILES string of the molecule is CCc1cc(N2C[C@H]3C[C@@H](N4CCOCC4)[C@H](O)C[C@H]3C2)nc(N2CCOCC2)n1. The monoisotopic (exact) mass is 417 g/mol. The maximum Gasteiger partial charge on any atom is 0.227 e. The number of rotatable bonds is 4. The molecule has 0 radical (unpaired) electrons. The highest BCUT2D eigenvalue weighted by Crippen LogP contribution is 2.40. The lowest BCUT2D eigenvalue weighted by Gasteiger charge is -2.43. The molecule has 0 unspecified atom stereocenters. The first-order valence-electron chi connectivity index (χ1n) is 11.7. The van der Waals surface area contributed by atoms with Crippen LogP contribution in [0.2, 0.25) is 0 Å². The number of morpholine rings is 2. The zero-order valence-corrected chi connectivity index (χ0v) is 18.1. The number of aryl methyl sites for hydroxylation is 1. The first-order valence-corrected chi connectivity index (χ1v) is 11.7. The maximum absolute atomic E-state index is 10.9. The van der Waals surface area contributed by atoms with Gasteiger partial charge in [-0.1, -0.05) is 6.92 Å². The van der Waals surface area contributed by atoms with Crippen LogP contribution < -0.4 is 9.80 Å². The smallest absolute Gasteiger partial charge is 0.227 e. The van der Waals surface area contributed by atoms with E-state index in [2.05, 4.69) is 27.7 Å². The Bertz CT molecular complexity index is 723. The normalized spacial score (nSPS) is 33.0. The zero-order chi connectivity index (χ0) is 20.5. The first-order chi connectivity index (χ1) is 14.7. The molecule has 4 heterocycles. The van der Waals surface area contributed by atoms with Crippen molar-refractivity contribution in [2.45, 2.75) is 38.3 Å². The van der Waals surface area contributed by atoms with Crippen LogP contribution in [0.1, 0.15) is 25.5 Å². The van der Waals surface area contributed by atoms with Crippen LogP contribution in [-0.2, 0) is 15.9 Å². The molecule has 0 amide bonds. The van der Waals surface area contributed by atoms with E-state index in [9.17, 15) is 5.11 Å². The molecule has 166 valence electrons. The maximum atomic E-state index is 10.9. The van der Waals surface area contributed by atoms with Crippen molar-refractivity contribution >= 4 is 11.8 Å². The largest absolute Gasteiger partial charge is 0.391 e. The van der Waals surface area contributed by atoms with E-state index >= 15 is 0 Å². The summed E-state index contributed by atoms with van der Waals surface area (Å²) >= 11 is 0. The van der Waals surface area contributed by atoms with Gasteiger partial charge in [-0.25, -0.2) is 4.98 Å². The highest BCUT2D eigenvalue weighted by atomic mass is 16.5. The van der Waals surface area contributed by atoms with Gasteiger partial charge in [0.15, 0.2) is 0 Å². The summed E-state index contributed by atoms with van der Waals surface area (Å²) in [4.78, 5) is 16.9. The quantitative estimate of drug-likeness (QED) is 0.771. The van der Waals surface area contributed by atoms with E-state index in [-0.39, 0.29) is 12.1 Å². The Morgan fingerprint density at radius 2 is 1.60 bits per heavy atom. The minimum Gasteiger partial charge on any atom is -0.391 e. The number of aliphatic hydroxyl groups is 1.